The van der Waals surface area contributed by atoms with E-state index in [-0.39, 0.29) is 24.8 Å². The number of hydrogen-bond donors (Lipinski definition) is 0. The zero-order valence-electron chi connectivity index (χ0n) is 18.9. The van der Waals surface area contributed by atoms with Crippen LogP contribution in [0, 0.1) is 23.7 Å². The van der Waals surface area contributed by atoms with Crippen molar-refractivity contribution in [2.75, 3.05) is 26.4 Å². The highest BCUT2D eigenvalue weighted by Gasteiger charge is 2.24. The summed E-state index contributed by atoms with van der Waals surface area (Å²) in [6.45, 7) is 9.58. The lowest BCUT2D eigenvalue weighted by atomic mass is 9.83. The summed E-state index contributed by atoms with van der Waals surface area (Å²) < 4.78 is 21.4. The maximum absolute atomic E-state index is 12.0. The molecule has 2 aliphatic rings. The van der Waals surface area contributed by atoms with Crippen molar-refractivity contribution in [1.29, 1.82) is 0 Å². The Labute approximate surface area is 187 Å². The molecule has 0 aromatic heterocycles. The standard InChI is InChI=1S/C25H40O6/c1-3-28-16-20-8-12-22(13-9-20)18-30-24(26)6-5-7-25(27)31-19-23-14-10-21(11-15-23)17-29-4-2/h3-4,20-23H,1-2,5-19H2. The SMILES string of the molecule is C=COCC1CCC(COC(=O)CCCC(=O)OCC2CCC(COC=C)CC2)CC1. The first-order valence-electron chi connectivity index (χ1n) is 11.9. The van der Waals surface area contributed by atoms with Crippen molar-refractivity contribution in [2.45, 2.75) is 70.6 Å². The van der Waals surface area contributed by atoms with E-state index in [0.29, 0.717) is 43.3 Å². The fourth-order valence-corrected chi connectivity index (χ4v) is 4.48. The summed E-state index contributed by atoms with van der Waals surface area (Å²) in [4.78, 5) is 23.9. The molecule has 0 bridgehead atoms. The first kappa shape index (κ1) is 25.3. The molecule has 6 heteroatoms. The van der Waals surface area contributed by atoms with Gasteiger partial charge in [-0.25, -0.2) is 0 Å². The summed E-state index contributed by atoms with van der Waals surface area (Å²) in [5.74, 6) is 1.60. The Hall–Kier alpha value is -1.98. The third-order valence-electron chi connectivity index (χ3n) is 6.55. The van der Waals surface area contributed by atoms with E-state index in [0.717, 1.165) is 64.6 Å². The Bertz CT molecular complexity index is 496. The van der Waals surface area contributed by atoms with Crippen molar-refractivity contribution in [3.05, 3.63) is 25.7 Å². The average Bonchev–Trinajstić information content (AvgIpc) is 2.80. The predicted molar refractivity (Wildman–Crippen MR) is 119 cm³/mol. The van der Waals surface area contributed by atoms with Crippen LogP contribution in [0.25, 0.3) is 0 Å². The average molecular weight is 437 g/mol. The molecule has 0 spiro atoms. The minimum Gasteiger partial charge on any atom is -0.502 e. The molecular formula is C25H40O6. The van der Waals surface area contributed by atoms with Crippen LogP contribution in [-0.2, 0) is 28.5 Å². The lowest BCUT2D eigenvalue weighted by Crippen LogP contribution is -2.23. The maximum atomic E-state index is 12.0. The van der Waals surface area contributed by atoms with Gasteiger partial charge in [0.1, 0.15) is 0 Å². The van der Waals surface area contributed by atoms with E-state index in [1.165, 1.54) is 12.5 Å². The minimum absolute atomic E-state index is 0.218. The van der Waals surface area contributed by atoms with E-state index < -0.39 is 0 Å². The fourth-order valence-electron chi connectivity index (χ4n) is 4.48. The molecule has 0 saturated heterocycles. The molecule has 0 amide bonds. The Balaban J connectivity index is 1.46. The van der Waals surface area contributed by atoms with Crippen LogP contribution in [0.5, 0.6) is 0 Å². The summed E-state index contributed by atoms with van der Waals surface area (Å²) in [6.07, 6.45) is 12.7. The van der Waals surface area contributed by atoms with Gasteiger partial charge in [0.15, 0.2) is 0 Å². The number of carbonyl (C=O) groups excluding carboxylic acids is 2. The molecule has 176 valence electrons. The first-order chi connectivity index (χ1) is 15.1. The van der Waals surface area contributed by atoms with Crippen molar-refractivity contribution in [1.82, 2.24) is 0 Å². The highest BCUT2D eigenvalue weighted by atomic mass is 16.5. The van der Waals surface area contributed by atoms with Crippen LogP contribution >= 0.6 is 0 Å². The molecule has 2 saturated carbocycles. The molecule has 2 rings (SSSR count). The zero-order chi connectivity index (χ0) is 22.3. The molecule has 2 aliphatic carbocycles. The fraction of sp³-hybridized carbons (Fsp3) is 0.760. The predicted octanol–water partition coefficient (Wildman–Crippen LogP) is 5.18. The Morgan fingerprint density at radius 2 is 0.935 bits per heavy atom. The monoisotopic (exact) mass is 436 g/mol. The van der Waals surface area contributed by atoms with Gasteiger partial charge < -0.3 is 18.9 Å². The molecule has 0 aromatic carbocycles. The van der Waals surface area contributed by atoms with Gasteiger partial charge in [-0.3, -0.25) is 9.59 Å². The van der Waals surface area contributed by atoms with Crippen molar-refractivity contribution >= 4 is 11.9 Å². The molecule has 2 fully saturated rings. The maximum Gasteiger partial charge on any atom is 0.305 e. The Kier molecular flexibility index (Phi) is 12.2. The number of esters is 2. The number of ether oxygens (including phenoxy) is 4. The quantitative estimate of drug-likeness (QED) is 0.276. The number of hydrogen-bond acceptors (Lipinski definition) is 6. The highest BCUT2D eigenvalue weighted by molar-refractivity contribution is 5.72. The van der Waals surface area contributed by atoms with Gasteiger partial charge in [-0.1, -0.05) is 13.2 Å². The molecule has 6 nitrogen and oxygen atoms in total. The highest BCUT2D eigenvalue weighted by Crippen LogP contribution is 2.30. The van der Waals surface area contributed by atoms with Crippen LogP contribution in [0.15, 0.2) is 25.7 Å². The summed E-state index contributed by atoms with van der Waals surface area (Å²) >= 11 is 0. The van der Waals surface area contributed by atoms with Crippen LogP contribution in [0.1, 0.15) is 70.6 Å². The van der Waals surface area contributed by atoms with Gasteiger partial charge in [0.05, 0.1) is 39.0 Å². The lowest BCUT2D eigenvalue weighted by Gasteiger charge is -2.27. The molecule has 31 heavy (non-hydrogen) atoms. The van der Waals surface area contributed by atoms with Gasteiger partial charge in [-0.05, 0) is 81.5 Å². The molecule has 0 aliphatic heterocycles. The van der Waals surface area contributed by atoms with E-state index in [1.54, 1.807) is 0 Å². The van der Waals surface area contributed by atoms with Crippen LogP contribution in [0.4, 0.5) is 0 Å². The summed E-state index contributed by atoms with van der Waals surface area (Å²) in [7, 11) is 0. The molecule has 0 unspecified atom stereocenters. The molecule has 0 radical (unpaired) electrons. The topological polar surface area (TPSA) is 71.1 Å². The van der Waals surface area contributed by atoms with Gasteiger partial charge in [-0.15, -0.1) is 0 Å². The molecular weight excluding hydrogens is 396 g/mol. The van der Waals surface area contributed by atoms with Crippen LogP contribution in [-0.4, -0.2) is 38.4 Å². The summed E-state index contributed by atoms with van der Waals surface area (Å²) in [6, 6.07) is 0. The third kappa shape index (κ3) is 10.7. The summed E-state index contributed by atoms with van der Waals surface area (Å²) in [5, 5.41) is 0. The second kappa shape index (κ2) is 14.9. The smallest absolute Gasteiger partial charge is 0.305 e. The van der Waals surface area contributed by atoms with E-state index in [9.17, 15) is 9.59 Å². The molecule has 0 heterocycles. The lowest BCUT2D eigenvalue weighted by molar-refractivity contribution is -0.147. The van der Waals surface area contributed by atoms with Gasteiger partial charge in [0.25, 0.3) is 0 Å². The largest absolute Gasteiger partial charge is 0.502 e. The second-order valence-electron chi connectivity index (χ2n) is 8.99. The normalized spacial score (nSPS) is 25.8. The zero-order valence-corrected chi connectivity index (χ0v) is 18.9. The van der Waals surface area contributed by atoms with Crippen molar-refractivity contribution in [2.24, 2.45) is 23.7 Å². The Morgan fingerprint density at radius 1 is 0.613 bits per heavy atom. The van der Waals surface area contributed by atoms with E-state index >= 15 is 0 Å². The number of rotatable bonds is 14. The Morgan fingerprint density at radius 3 is 1.26 bits per heavy atom. The van der Waals surface area contributed by atoms with Gasteiger partial charge in [0, 0.05) is 12.8 Å². The van der Waals surface area contributed by atoms with E-state index in [1.807, 2.05) is 0 Å². The van der Waals surface area contributed by atoms with E-state index in [2.05, 4.69) is 13.2 Å². The first-order valence-corrected chi connectivity index (χ1v) is 11.9. The molecule has 0 aromatic rings. The van der Waals surface area contributed by atoms with Crippen molar-refractivity contribution in [3.8, 4) is 0 Å². The van der Waals surface area contributed by atoms with E-state index in [4.69, 9.17) is 18.9 Å². The number of carbonyl (C=O) groups is 2. The van der Waals surface area contributed by atoms with Gasteiger partial charge >= 0.3 is 11.9 Å². The van der Waals surface area contributed by atoms with Crippen LogP contribution in [0.2, 0.25) is 0 Å². The molecule has 0 N–H and O–H groups in total. The van der Waals surface area contributed by atoms with Gasteiger partial charge in [-0.2, -0.15) is 0 Å². The molecule has 0 atom stereocenters. The van der Waals surface area contributed by atoms with Crippen molar-refractivity contribution < 1.29 is 28.5 Å². The van der Waals surface area contributed by atoms with Gasteiger partial charge in [0.2, 0.25) is 0 Å². The summed E-state index contributed by atoms with van der Waals surface area (Å²) in [5.41, 5.74) is 0. The second-order valence-corrected chi connectivity index (χ2v) is 8.99. The van der Waals surface area contributed by atoms with Crippen LogP contribution < -0.4 is 0 Å². The minimum atomic E-state index is -0.218. The van der Waals surface area contributed by atoms with Crippen LogP contribution in [0.3, 0.4) is 0 Å². The third-order valence-corrected chi connectivity index (χ3v) is 6.55. The van der Waals surface area contributed by atoms with Crippen molar-refractivity contribution in [3.63, 3.8) is 0 Å².